The molecule has 1 aromatic rings. The number of hydrogen-bond acceptors (Lipinski definition) is 4. The van der Waals surface area contributed by atoms with Gasteiger partial charge in [0.05, 0.1) is 8.49 Å². The quantitative estimate of drug-likeness (QED) is 0.500. The van der Waals surface area contributed by atoms with E-state index in [-0.39, 0.29) is 10.6 Å². The van der Waals surface area contributed by atoms with E-state index in [1.807, 2.05) is 41.8 Å². The minimum absolute atomic E-state index is 0.188. The maximum atomic E-state index is 10.8. The van der Waals surface area contributed by atoms with Crippen LogP contribution in [0.1, 0.15) is 12.8 Å². The lowest BCUT2D eigenvalue weighted by molar-refractivity contribution is -0.385. The Morgan fingerprint density at radius 2 is 2.37 bits per heavy atom. The smallest absolute Gasteiger partial charge is 0.282 e. The van der Waals surface area contributed by atoms with Crippen LogP contribution in [-0.4, -0.2) is 31.6 Å². The van der Waals surface area contributed by atoms with Crippen molar-refractivity contribution in [2.75, 3.05) is 31.6 Å². The summed E-state index contributed by atoms with van der Waals surface area (Å²) in [7, 11) is 1.98. The average Bonchev–Trinajstić information content (AvgIpc) is 2.39. The van der Waals surface area contributed by atoms with Crippen LogP contribution >= 0.6 is 22.6 Å². The monoisotopic (exact) mass is 375 g/mol. The Labute approximate surface area is 126 Å². The second kappa shape index (κ2) is 6.51. The summed E-state index contributed by atoms with van der Waals surface area (Å²) in [6.45, 7) is 3.09. The van der Waals surface area contributed by atoms with Gasteiger partial charge in [-0.3, -0.25) is 10.1 Å². The fraction of sp³-hybridized carbons (Fsp3) is 0.538. The van der Waals surface area contributed by atoms with Crippen LogP contribution in [0.25, 0.3) is 0 Å². The van der Waals surface area contributed by atoms with Crippen LogP contribution in [-0.2, 0) is 0 Å². The number of anilines is 1. The Bertz CT molecular complexity index is 465. The van der Waals surface area contributed by atoms with Gasteiger partial charge >= 0.3 is 0 Å². The Morgan fingerprint density at radius 3 is 3.00 bits per heavy atom. The van der Waals surface area contributed by atoms with Gasteiger partial charge in [0.1, 0.15) is 0 Å². The number of halogens is 1. The molecule has 0 aliphatic carbocycles. The standard InChI is InChI=1S/C13H18IN3O2/c1-15-8-10-3-2-6-16(9-10)11-4-5-13(17(18)19)12(14)7-11/h4-5,7,10,15H,2-3,6,8-9H2,1H3. The highest BCUT2D eigenvalue weighted by Gasteiger charge is 2.21. The molecule has 1 heterocycles. The lowest BCUT2D eigenvalue weighted by Crippen LogP contribution is -2.39. The maximum Gasteiger partial charge on any atom is 0.282 e. The van der Waals surface area contributed by atoms with Crippen molar-refractivity contribution in [3.05, 3.63) is 31.9 Å². The maximum absolute atomic E-state index is 10.8. The van der Waals surface area contributed by atoms with Crippen LogP contribution in [0.5, 0.6) is 0 Å². The molecule has 19 heavy (non-hydrogen) atoms. The number of nitro groups is 1. The first kappa shape index (κ1) is 14.5. The van der Waals surface area contributed by atoms with Gasteiger partial charge in [0.2, 0.25) is 0 Å². The van der Waals surface area contributed by atoms with Crippen molar-refractivity contribution in [3.8, 4) is 0 Å². The number of piperidine rings is 1. The summed E-state index contributed by atoms with van der Waals surface area (Å²) < 4.78 is 0.704. The zero-order valence-electron chi connectivity index (χ0n) is 10.9. The summed E-state index contributed by atoms with van der Waals surface area (Å²) in [4.78, 5) is 12.8. The normalized spacial score (nSPS) is 19.5. The van der Waals surface area contributed by atoms with Crippen molar-refractivity contribution in [1.29, 1.82) is 0 Å². The van der Waals surface area contributed by atoms with Crippen molar-refractivity contribution in [2.45, 2.75) is 12.8 Å². The molecule has 0 saturated carbocycles. The van der Waals surface area contributed by atoms with Crippen LogP contribution in [0.4, 0.5) is 11.4 Å². The molecule has 1 fully saturated rings. The molecule has 104 valence electrons. The number of nitrogens with one attached hydrogen (secondary N) is 1. The topological polar surface area (TPSA) is 58.4 Å². The van der Waals surface area contributed by atoms with Crippen LogP contribution in [0, 0.1) is 19.6 Å². The minimum Gasteiger partial charge on any atom is -0.371 e. The first-order chi connectivity index (χ1) is 9.11. The number of nitrogens with zero attached hydrogens (tertiary/aromatic N) is 2. The van der Waals surface area contributed by atoms with Gasteiger partial charge in [0.15, 0.2) is 0 Å². The average molecular weight is 375 g/mol. The lowest BCUT2D eigenvalue weighted by Gasteiger charge is -2.34. The van der Waals surface area contributed by atoms with Gasteiger partial charge in [0, 0.05) is 24.8 Å². The molecular formula is C13H18IN3O2. The highest BCUT2D eigenvalue weighted by atomic mass is 127. The Kier molecular flexibility index (Phi) is 4.98. The molecule has 0 bridgehead atoms. The summed E-state index contributed by atoms with van der Waals surface area (Å²) in [6.07, 6.45) is 2.43. The Balaban J connectivity index is 2.13. The second-order valence-electron chi connectivity index (χ2n) is 4.90. The third kappa shape index (κ3) is 3.56. The largest absolute Gasteiger partial charge is 0.371 e. The molecule has 5 nitrogen and oxygen atoms in total. The molecule has 1 aromatic carbocycles. The van der Waals surface area contributed by atoms with Gasteiger partial charge in [-0.25, -0.2) is 0 Å². The molecule has 1 unspecified atom stereocenters. The van der Waals surface area contributed by atoms with Crippen LogP contribution in [0.15, 0.2) is 18.2 Å². The molecule has 1 aliphatic heterocycles. The molecule has 1 aliphatic rings. The van der Waals surface area contributed by atoms with E-state index in [0.29, 0.717) is 9.49 Å². The van der Waals surface area contributed by atoms with Crippen LogP contribution in [0.2, 0.25) is 0 Å². The fourth-order valence-electron chi connectivity index (χ4n) is 2.60. The van der Waals surface area contributed by atoms with E-state index in [2.05, 4.69) is 10.2 Å². The van der Waals surface area contributed by atoms with Crippen molar-refractivity contribution < 1.29 is 4.92 Å². The molecule has 6 heteroatoms. The molecule has 0 amide bonds. The first-order valence-corrected chi connectivity index (χ1v) is 7.53. The molecule has 1 atom stereocenters. The fourth-order valence-corrected chi connectivity index (χ4v) is 3.29. The first-order valence-electron chi connectivity index (χ1n) is 6.45. The predicted molar refractivity (Wildman–Crippen MR) is 84.7 cm³/mol. The summed E-state index contributed by atoms with van der Waals surface area (Å²) in [5.74, 6) is 0.659. The molecule has 0 spiro atoms. The highest BCUT2D eigenvalue weighted by molar-refractivity contribution is 14.1. The molecule has 1 N–H and O–H groups in total. The molecule has 0 aromatic heterocycles. The molecular weight excluding hydrogens is 357 g/mol. The van der Waals surface area contributed by atoms with Gasteiger partial charge in [0.25, 0.3) is 5.69 Å². The van der Waals surface area contributed by atoms with E-state index in [4.69, 9.17) is 0 Å². The number of rotatable bonds is 4. The molecule has 0 radical (unpaired) electrons. The van der Waals surface area contributed by atoms with E-state index in [9.17, 15) is 10.1 Å². The van der Waals surface area contributed by atoms with Crippen LogP contribution in [0.3, 0.4) is 0 Å². The zero-order chi connectivity index (χ0) is 13.8. The third-order valence-electron chi connectivity index (χ3n) is 3.50. The predicted octanol–water partition coefficient (Wildman–Crippen LogP) is 2.64. The third-order valence-corrected chi connectivity index (χ3v) is 4.37. The van der Waals surface area contributed by atoms with E-state index < -0.39 is 0 Å². The summed E-state index contributed by atoms with van der Waals surface area (Å²) in [5, 5.41) is 14.1. The highest BCUT2D eigenvalue weighted by Crippen LogP contribution is 2.29. The van der Waals surface area contributed by atoms with Crippen LogP contribution < -0.4 is 10.2 Å². The zero-order valence-corrected chi connectivity index (χ0v) is 13.1. The van der Waals surface area contributed by atoms with E-state index in [1.165, 1.54) is 12.8 Å². The van der Waals surface area contributed by atoms with Crippen molar-refractivity contribution >= 4 is 34.0 Å². The van der Waals surface area contributed by atoms with E-state index in [0.717, 1.165) is 25.3 Å². The second-order valence-corrected chi connectivity index (χ2v) is 6.07. The van der Waals surface area contributed by atoms with E-state index >= 15 is 0 Å². The molecule has 2 rings (SSSR count). The number of hydrogen-bond donors (Lipinski definition) is 1. The number of nitro benzene ring substituents is 1. The summed E-state index contributed by atoms with van der Waals surface area (Å²) in [6, 6.07) is 5.39. The minimum atomic E-state index is -0.328. The summed E-state index contributed by atoms with van der Waals surface area (Å²) in [5.41, 5.74) is 1.28. The van der Waals surface area contributed by atoms with Crippen molar-refractivity contribution in [3.63, 3.8) is 0 Å². The Morgan fingerprint density at radius 1 is 1.58 bits per heavy atom. The molecule has 1 saturated heterocycles. The van der Waals surface area contributed by atoms with Crippen molar-refractivity contribution in [1.82, 2.24) is 5.32 Å². The SMILES string of the molecule is CNCC1CCCN(c2ccc([N+](=O)[O-])c(I)c2)C1. The number of benzene rings is 1. The van der Waals surface area contributed by atoms with E-state index in [1.54, 1.807) is 6.07 Å². The van der Waals surface area contributed by atoms with Gasteiger partial charge < -0.3 is 10.2 Å². The van der Waals surface area contributed by atoms with Gasteiger partial charge in [-0.2, -0.15) is 0 Å². The Hall–Kier alpha value is -0.890. The van der Waals surface area contributed by atoms with Crippen molar-refractivity contribution in [2.24, 2.45) is 5.92 Å². The van der Waals surface area contributed by atoms with Gasteiger partial charge in [-0.05, 0) is 67.1 Å². The van der Waals surface area contributed by atoms with Gasteiger partial charge in [-0.1, -0.05) is 0 Å². The summed E-state index contributed by atoms with van der Waals surface area (Å²) >= 11 is 2.04. The van der Waals surface area contributed by atoms with Gasteiger partial charge in [-0.15, -0.1) is 0 Å². The lowest BCUT2D eigenvalue weighted by atomic mass is 9.97.